The van der Waals surface area contributed by atoms with Crippen LogP contribution >= 0.6 is 0 Å². The third kappa shape index (κ3) is 3.13. The molecule has 0 aliphatic carbocycles. The summed E-state index contributed by atoms with van der Waals surface area (Å²) in [5.41, 5.74) is 0.625. The van der Waals surface area contributed by atoms with Gasteiger partial charge in [-0.25, -0.2) is 0 Å². The number of nitrogens with zero attached hydrogens (tertiary/aromatic N) is 3. The minimum atomic E-state index is -1.63. The van der Waals surface area contributed by atoms with Crippen LogP contribution in [0, 0.1) is 0 Å². The van der Waals surface area contributed by atoms with Crippen LogP contribution in [0.15, 0.2) is 0 Å². The van der Waals surface area contributed by atoms with Crippen LogP contribution in [0.4, 0.5) is 0 Å². The minimum absolute atomic E-state index is 0.313. The maximum atomic E-state index is 2.76. The van der Waals surface area contributed by atoms with Gasteiger partial charge in [0.15, 0.2) is 0 Å². The van der Waals surface area contributed by atoms with Crippen molar-refractivity contribution >= 4 is 21.0 Å². The van der Waals surface area contributed by atoms with E-state index in [0.29, 0.717) is 11.1 Å². The van der Waals surface area contributed by atoms with E-state index in [4.69, 9.17) is 0 Å². The molecule has 16 heavy (non-hydrogen) atoms. The standard InChI is InChI=1S/C10H22N2.C2H6N.Sb/c1-9(2,3)11-7-8-12-10(4,5)6;1-3-2;/h7-8H2,1-6H3;1-2H3;/q-2;-1;+3. The average molecular weight is 336 g/mol. The Hall–Kier alpha value is 0.698. The molecule has 1 aliphatic heterocycles. The topological polar surface area (TPSA) is 9.72 Å². The molecule has 0 bridgehead atoms. The molecule has 3 nitrogen and oxygen atoms in total. The van der Waals surface area contributed by atoms with Crippen molar-refractivity contribution in [3.05, 3.63) is 0 Å². The fraction of sp³-hybridized carbons (Fsp3) is 1.00. The first-order valence-corrected chi connectivity index (χ1v) is 9.50. The van der Waals surface area contributed by atoms with Crippen molar-refractivity contribution in [1.82, 2.24) is 9.18 Å². The van der Waals surface area contributed by atoms with Crippen molar-refractivity contribution in [2.24, 2.45) is 0 Å². The van der Waals surface area contributed by atoms with Crippen LogP contribution in [-0.4, -0.2) is 68.5 Å². The zero-order chi connectivity index (χ0) is 12.7. The molecule has 0 unspecified atom stereocenters. The van der Waals surface area contributed by atoms with Gasteiger partial charge in [0.05, 0.1) is 0 Å². The summed E-state index contributed by atoms with van der Waals surface area (Å²) in [6, 6.07) is 0. The molecule has 0 aromatic carbocycles. The third-order valence-corrected chi connectivity index (χ3v) is 11.9. The second-order valence-electron chi connectivity index (χ2n) is 6.70. The fourth-order valence-electron chi connectivity index (χ4n) is 2.14. The molecule has 0 saturated carbocycles. The second-order valence-corrected chi connectivity index (χ2v) is 13.3. The number of hydrogen-bond donors (Lipinski definition) is 0. The Bertz CT molecular complexity index is 218. The zero-order valence-corrected chi connectivity index (χ0v) is 14.8. The normalized spacial score (nSPS) is 22.3. The molecule has 0 atom stereocenters. The zero-order valence-electron chi connectivity index (χ0n) is 12.2. The predicted octanol–water partition coefficient (Wildman–Crippen LogP) is 1.75. The molecule has 0 aromatic rings. The van der Waals surface area contributed by atoms with Gasteiger partial charge in [-0.1, -0.05) is 0 Å². The van der Waals surface area contributed by atoms with Crippen LogP contribution in [0.1, 0.15) is 41.5 Å². The van der Waals surface area contributed by atoms with E-state index in [1.165, 1.54) is 13.1 Å². The molecule has 1 rings (SSSR count). The van der Waals surface area contributed by atoms with E-state index in [0.717, 1.165) is 0 Å². The van der Waals surface area contributed by atoms with Gasteiger partial charge in [0.2, 0.25) is 0 Å². The Labute approximate surface area is 110 Å². The summed E-state index contributed by atoms with van der Waals surface area (Å²) >= 11 is -1.63. The quantitative estimate of drug-likeness (QED) is 0.676. The van der Waals surface area contributed by atoms with Gasteiger partial charge in [0.25, 0.3) is 0 Å². The van der Waals surface area contributed by atoms with Gasteiger partial charge in [-0.15, -0.1) is 0 Å². The summed E-state index contributed by atoms with van der Waals surface area (Å²) in [6.07, 6.45) is 0. The van der Waals surface area contributed by atoms with Gasteiger partial charge in [0.1, 0.15) is 0 Å². The van der Waals surface area contributed by atoms with Crippen LogP contribution in [0.25, 0.3) is 0 Å². The molecule has 4 heteroatoms. The van der Waals surface area contributed by atoms with Crippen LogP contribution < -0.4 is 0 Å². The molecule has 0 radical (unpaired) electrons. The molecule has 0 N–H and O–H groups in total. The van der Waals surface area contributed by atoms with Gasteiger partial charge in [0, 0.05) is 0 Å². The summed E-state index contributed by atoms with van der Waals surface area (Å²) in [6.45, 7) is 16.6. The molecule has 0 amide bonds. The molecule has 1 saturated heterocycles. The summed E-state index contributed by atoms with van der Waals surface area (Å²) < 4.78 is 8.04. The van der Waals surface area contributed by atoms with Crippen molar-refractivity contribution in [2.75, 3.05) is 27.2 Å². The van der Waals surface area contributed by atoms with Gasteiger partial charge < -0.3 is 0 Å². The summed E-state index contributed by atoms with van der Waals surface area (Å²) in [4.78, 5) is 0. The summed E-state index contributed by atoms with van der Waals surface area (Å²) in [5.74, 6) is 0. The molecular weight excluding hydrogens is 308 g/mol. The van der Waals surface area contributed by atoms with E-state index in [9.17, 15) is 0 Å². The predicted molar refractivity (Wildman–Crippen MR) is 72.4 cm³/mol. The van der Waals surface area contributed by atoms with E-state index in [-0.39, 0.29) is 0 Å². The molecule has 1 fully saturated rings. The van der Waals surface area contributed by atoms with Crippen LogP contribution in [-0.2, 0) is 0 Å². The van der Waals surface area contributed by atoms with Gasteiger partial charge in [-0.2, -0.15) is 0 Å². The van der Waals surface area contributed by atoms with Gasteiger partial charge in [-0.05, 0) is 0 Å². The SMILES string of the molecule is C[N](C)[Sb]1[N](C(C)(C)C)CC[N]1C(C)(C)C. The first-order chi connectivity index (χ1) is 7.05. The van der Waals surface area contributed by atoms with Gasteiger partial charge >= 0.3 is 110 Å². The monoisotopic (exact) mass is 335 g/mol. The van der Waals surface area contributed by atoms with Crippen molar-refractivity contribution in [2.45, 2.75) is 52.6 Å². The van der Waals surface area contributed by atoms with E-state index >= 15 is 0 Å². The Balaban J connectivity index is 2.94. The Morgan fingerprint density at radius 3 is 1.31 bits per heavy atom. The average Bonchev–Trinajstić information content (AvgIpc) is 2.43. The molecule has 96 valence electrons. The second kappa shape index (κ2) is 4.76. The van der Waals surface area contributed by atoms with Crippen LogP contribution in [0.5, 0.6) is 0 Å². The third-order valence-electron chi connectivity index (χ3n) is 2.86. The van der Waals surface area contributed by atoms with E-state index < -0.39 is 21.0 Å². The van der Waals surface area contributed by atoms with Crippen molar-refractivity contribution in [3.8, 4) is 0 Å². The van der Waals surface area contributed by atoms with E-state index in [1.54, 1.807) is 0 Å². The van der Waals surface area contributed by atoms with Crippen molar-refractivity contribution < 1.29 is 0 Å². The number of hydrogen-bond acceptors (Lipinski definition) is 3. The Morgan fingerprint density at radius 1 is 0.812 bits per heavy atom. The summed E-state index contributed by atoms with van der Waals surface area (Å²) in [5, 5.41) is 0. The summed E-state index contributed by atoms with van der Waals surface area (Å²) in [7, 11) is 4.51. The van der Waals surface area contributed by atoms with Gasteiger partial charge in [-0.3, -0.25) is 0 Å². The molecule has 1 aliphatic rings. The molecule has 0 aromatic heterocycles. The number of rotatable bonds is 1. The van der Waals surface area contributed by atoms with E-state index in [1.807, 2.05) is 0 Å². The molecule has 1 heterocycles. The maximum absolute atomic E-state index is 2.76. The van der Waals surface area contributed by atoms with Crippen molar-refractivity contribution in [3.63, 3.8) is 0 Å². The molecular formula is C12H28N3Sb. The van der Waals surface area contributed by atoms with Crippen LogP contribution in [0.2, 0.25) is 0 Å². The van der Waals surface area contributed by atoms with Crippen molar-refractivity contribution in [1.29, 1.82) is 0 Å². The molecule has 0 spiro atoms. The Kier molecular flexibility index (Phi) is 4.39. The first-order valence-electron chi connectivity index (χ1n) is 6.07. The van der Waals surface area contributed by atoms with E-state index in [2.05, 4.69) is 64.8 Å². The Morgan fingerprint density at radius 2 is 1.12 bits per heavy atom. The first kappa shape index (κ1) is 14.8. The van der Waals surface area contributed by atoms with Crippen LogP contribution in [0.3, 0.4) is 0 Å². The fourth-order valence-corrected chi connectivity index (χ4v) is 9.94.